The topological polar surface area (TPSA) is 119 Å². The number of nitrogens with one attached hydrogen (secondary N) is 4. The van der Waals surface area contributed by atoms with E-state index in [2.05, 4.69) is 25.9 Å². The van der Waals surface area contributed by atoms with Crippen molar-refractivity contribution in [1.82, 2.24) is 20.6 Å². The van der Waals surface area contributed by atoms with Crippen LogP contribution >= 0.6 is 0 Å². The van der Waals surface area contributed by atoms with Crippen molar-refractivity contribution >= 4 is 23.2 Å². The highest BCUT2D eigenvalue weighted by molar-refractivity contribution is 6.06. The zero-order chi connectivity index (χ0) is 34.2. The van der Waals surface area contributed by atoms with Crippen molar-refractivity contribution in [3.63, 3.8) is 0 Å². The molecule has 3 heterocycles. The number of aromatic hydroxyl groups is 1. The lowest BCUT2D eigenvalue weighted by molar-refractivity contribution is -0.0245. The van der Waals surface area contributed by atoms with Crippen molar-refractivity contribution in [3.8, 4) is 17.0 Å². The number of phenolic OH excluding ortho intramolecular Hbond substituents is 1. The third kappa shape index (κ3) is 6.48. The Labute approximate surface area is 280 Å². The molecule has 1 fully saturated rings. The van der Waals surface area contributed by atoms with Gasteiger partial charge in [0.25, 0.3) is 17.7 Å². The summed E-state index contributed by atoms with van der Waals surface area (Å²) in [4.78, 5) is 33.8. The number of para-hydroxylation sites is 2. The first-order valence-corrected chi connectivity index (χ1v) is 16.2. The lowest BCUT2D eigenvalue weighted by Crippen LogP contribution is -2.57. The number of phenols is 1. The molecule has 2 aromatic heterocycles. The van der Waals surface area contributed by atoms with E-state index in [1.807, 2.05) is 30.3 Å². The number of rotatable bonds is 10. The monoisotopic (exact) mass is 665 g/mol. The number of halogens is 3. The molecule has 0 radical (unpaired) electrons. The van der Waals surface area contributed by atoms with Crippen LogP contribution in [0.2, 0.25) is 0 Å². The van der Waals surface area contributed by atoms with Crippen LogP contribution in [-0.2, 0) is 12.3 Å². The van der Waals surface area contributed by atoms with Crippen LogP contribution in [0.1, 0.15) is 69.3 Å². The molecule has 1 spiro atoms. The van der Waals surface area contributed by atoms with Crippen molar-refractivity contribution in [1.29, 1.82) is 0 Å². The molecule has 2 amide bonds. The molecular weight excluding hydrogens is 631 g/mol. The van der Waals surface area contributed by atoms with Crippen LogP contribution in [0.25, 0.3) is 11.3 Å². The van der Waals surface area contributed by atoms with Gasteiger partial charge in [-0.2, -0.15) is 8.78 Å². The fraction of sp³-hybridized carbons (Fsp3) is 0.237. The Bertz CT molecular complexity index is 2010. The molecule has 1 atom stereocenters. The number of aromatic nitrogens is 2. The fourth-order valence-corrected chi connectivity index (χ4v) is 6.75. The molecule has 2 aliphatic rings. The largest absolute Gasteiger partial charge is 0.507 e. The summed E-state index contributed by atoms with van der Waals surface area (Å²) >= 11 is 0. The van der Waals surface area contributed by atoms with Crippen molar-refractivity contribution < 1.29 is 27.9 Å². The second kappa shape index (κ2) is 12.8. The van der Waals surface area contributed by atoms with Gasteiger partial charge in [-0.1, -0.05) is 42.5 Å². The number of aromatic amines is 1. The zero-order valence-electron chi connectivity index (χ0n) is 26.4. The lowest BCUT2D eigenvalue weighted by atomic mass is 9.71. The van der Waals surface area contributed by atoms with Crippen LogP contribution in [0.4, 0.5) is 24.5 Å². The van der Waals surface area contributed by atoms with Crippen LogP contribution in [0.3, 0.4) is 0 Å². The quantitative estimate of drug-likeness (QED) is 0.105. The SMILES string of the molecule is O=C(NCC(CC(F)(F)c1cc(-c2[nH]c3c(c2Nc2ccccc2)C(=O)NC2(CCC2)C3)ccn1)c1ccc(F)cc1)c1ccccc1O. The van der Waals surface area contributed by atoms with Gasteiger partial charge in [-0.3, -0.25) is 14.6 Å². The van der Waals surface area contributed by atoms with Crippen LogP contribution in [0.15, 0.2) is 97.2 Å². The highest BCUT2D eigenvalue weighted by Gasteiger charge is 2.45. The summed E-state index contributed by atoms with van der Waals surface area (Å²) in [5, 5.41) is 19.3. The highest BCUT2D eigenvalue weighted by atomic mass is 19.3. The first kappa shape index (κ1) is 32.0. The highest BCUT2D eigenvalue weighted by Crippen LogP contribution is 2.45. The van der Waals surface area contributed by atoms with Crippen LogP contribution < -0.4 is 16.0 Å². The summed E-state index contributed by atoms with van der Waals surface area (Å²) in [7, 11) is 0. The minimum absolute atomic E-state index is 0.00644. The van der Waals surface area contributed by atoms with Gasteiger partial charge >= 0.3 is 0 Å². The molecule has 1 saturated carbocycles. The molecule has 11 heteroatoms. The summed E-state index contributed by atoms with van der Waals surface area (Å²) in [6.45, 7) is -0.209. The third-order valence-electron chi connectivity index (χ3n) is 9.48. The van der Waals surface area contributed by atoms with Crippen LogP contribution in [0, 0.1) is 5.82 Å². The van der Waals surface area contributed by atoms with Crippen molar-refractivity contribution in [2.75, 3.05) is 11.9 Å². The van der Waals surface area contributed by atoms with Gasteiger partial charge in [-0.05, 0) is 73.4 Å². The van der Waals surface area contributed by atoms with Gasteiger partial charge in [0.05, 0.1) is 22.5 Å². The van der Waals surface area contributed by atoms with E-state index in [9.17, 15) is 19.1 Å². The predicted molar refractivity (Wildman–Crippen MR) is 180 cm³/mol. The molecule has 7 rings (SSSR count). The third-order valence-corrected chi connectivity index (χ3v) is 9.48. The number of amides is 2. The number of H-pyrrole nitrogens is 1. The number of carbonyl (C=O) groups excluding carboxylic acids is 2. The summed E-state index contributed by atoms with van der Waals surface area (Å²) in [5.74, 6) is -6.03. The van der Waals surface area contributed by atoms with E-state index >= 15 is 8.78 Å². The molecule has 1 aliphatic heterocycles. The number of pyridine rings is 1. The summed E-state index contributed by atoms with van der Waals surface area (Å²) in [6.07, 6.45) is 3.95. The molecule has 5 N–H and O–H groups in total. The maximum absolute atomic E-state index is 16.3. The van der Waals surface area contributed by atoms with Gasteiger partial charge in [0, 0.05) is 54.0 Å². The van der Waals surface area contributed by atoms with E-state index in [-0.39, 0.29) is 29.3 Å². The first-order chi connectivity index (χ1) is 23.6. The smallest absolute Gasteiger partial charge is 0.290 e. The molecule has 0 bridgehead atoms. The number of alkyl halides is 2. The Morgan fingerprint density at radius 3 is 2.45 bits per heavy atom. The van der Waals surface area contributed by atoms with Gasteiger partial charge in [0.15, 0.2) is 0 Å². The number of fused-ring (bicyclic) bond motifs is 1. The summed E-state index contributed by atoms with van der Waals surface area (Å²) in [6, 6.07) is 23.4. The second-order valence-corrected chi connectivity index (χ2v) is 12.8. The normalized spacial score (nSPS) is 15.5. The Hall–Kier alpha value is -5.58. The molecule has 5 aromatic rings. The summed E-state index contributed by atoms with van der Waals surface area (Å²) in [5.41, 5.74) is 2.95. The second-order valence-electron chi connectivity index (χ2n) is 12.8. The van der Waals surface area contributed by atoms with E-state index in [0.29, 0.717) is 34.5 Å². The van der Waals surface area contributed by atoms with Crippen LogP contribution in [-0.4, -0.2) is 39.0 Å². The minimum Gasteiger partial charge on any atom is -0.507 e. The van der Waals surface area contributed by atoms with Gasteiger partial charge < -0.3 is 26.0 Å². The molecule has 0 saturated heterocycles. The summed E-state index contributed by atoms with van der Waals surface area (Å²) < 4.78 is 46.4. The number of anilines is 2. The number of carbonyl (C=O) groups is 2. The van der Waals surface area contributed by atoms with Gasteiger partial charge in [-0.15, -0.1) is 0 Å². The number of hydrogen-bond donors (Lipinski definition) is 5. The van der Waals surface area contributed by atoms with Crippen molar-refractivity contribution in [2.24, 2.45) is 0 Å². The molecule has 8 nitrogen and oxygen atoms in total. The van der Waals surface area contributed by atoms with E-state index in [4.69, 9.17) is 0 Å². The maximum atomic E-state index is 16.3. The minimum atomic E-state index is -3.48. The van der Waals surface area contributed by atoms with E-state index in [0.717, 1.165) is 30.6 Å². The number of hydrogen-bond acceptors (Lipinski definition) is 5. The van der Waals surface area contributed by atoms with Crippen molar-refractivity contribution in [3.05, 3.63) is 131 Å². The first-order valence-electron chi connectivity index (χ1n) is 16.2. The zero-order valence-corrected chi connectivity index (χ0v) is 26.4. The molecule has 1 aliphatic carbocycles. The molecule has 49 heavy (non-hydrogen) atoms. The Kier molecular flexibility index (Phi) is 8.35. The van der Waals surface area contributed by atoms with E-state index in [1.165, 1.54) is 48.7 Å². The van der Waals surface area contributed by atoms with Gasteiger partial charge in [0.1, 0.15) is 17.3 Å². The number of nitrogens with zero attached hydrogens (tertiary/aromatic N) is 1. The molecule has 3 aromatic carbocycles. The Morgan fingerprint density at radius 1 is 1.00 bits per heavy atom. The molecule has 1 unspecified atom stereocenters. The Balaban J connectivity index is 1.21. The van der Waals surface area contributed by atoms with Crippen molar-refractivity contribution in [2.45, 2.75) is 49.5 Å². The Morgan fingerprint density at radius 2 is 1.73 bits per heavy atom. The van der Waals surface area contributed by atoms with E-state index in [1.54, 1.807) is 18.2 Å². The fourth-order valence-electron chi connectivity index (χ4n) is 6.75. The average molecular weight is 666 g/mol. The maximum Gasteiger partial charge on any atom is 0.290 e. The average Bonchev–Trinajstić information content (AvgIpc) is 3.45. The van der Waals surface area contributed by atoms with E-state index < -0.39 is 35.7 Å². The molecule has 250 valence electrons. The molecular formula is C38H34F3N5O3. The standard InChI is InChI=1S/C38H34F3N5O3/c39-26-13-11-23(12-14-26)25(22-43-35(48)28-9-4-5-10-30(28)47)20-38(40,41)31-19-24(15-18-42-31)33-34(44-27-7-2-1-3-8-27)32-29(45-33)21-37(16-6-17-37)46-36(32)49/h1-5,7-15,18-19,25,44-45,47H,6,16-17,20-22H2,(H,43,48)(H,46,49). The number of benzene rings is 3. The van der Waals surface area contributed by atoms with Gasteiger partial charge in [0.2, 0.25) is 0 Å². The predicted octanol–water partition coefficient (Wildman–Crippen LogP) is 7.57. The van der Waals surface area contributed by atoms with Gasteiger partial charge in [-0.25, -0.2) is 4.39 Å². The lowest BCUT2D eigenvalue weighted by Gasteiger charge is -2.45. The van der Waals surface area contributed by atoms with Crippen LogP contribution in [0.5, 0.6) is 5.75 Å².